The van der Waals surface area contributed by atoms with Crippen molar-refractivity contribution in [2.45, 2.75) is 16.9 Å². The molecular weight excluding hydrogens is 306 g/mol. The third-order valence-electron chi connectivity index (χ3n) is 3.05. The lowest BCUT2D eigenvalue weighted by Crippen LogP contribution is -2.18. The van der Waals surface area contributed by atoms with E-state index in [1.807, 2.05) is 0 Å². The molecule has 0 saturated carbocycles. The summed E-state index contributed by atoms with van der Waals surface area (Å²) in [6, 6.07) is 4.15. The maximum Gasteiger partial charge on any atom is 0.288 e. The molecule has 0 aliphatic carbocycles. The molecule has 1 aromatic heterocycles. The number of hydrogen-bond acceptors (Lipinski definition) is 6. The predicted octanol–water partition coefficient (Wildman–Crippen LogP) is 1.63. The van der Waals surface area contributed by atoms with Crippen LogP contribution in [0.2, 0.25) is 0 Å². The number of nitro groups is 1. The van der Waals surface area contributed by atoms with Crippen LogP contribution in [0, 0.1) is 10.1 Å². The fourth-order valence-electron chi connectivity index (χ4n) is 2.05. The van der Waals surface area contributed by atoms with E-state index in [9.17, 15) is 14.3 Å². The number of aromatic nitrogens is 1. The smallest absolute Gasteiger partial charge is 0.288 e. The largest absolute Gasteiger partial charge is 0.430 e. The predicted molar refractivity (Wildman–Crippen MR) is 75.6 cm³/mol. The molecule has 9 heteroatoms. The molecule has 0 bridgehead atoms. The summed E-state index contributed by atoms with van der Waals surface area (Å²) in [7, 11) is -1.32. The number of hydrogen-bond donors (Lipinski definition) is 1. The minimum absolute atomic E-state index is 0. The highest BCUT2D eigenvalue weighted by Gasteiger charge is 2.26. The SMILES string of the molecule is Cl.O=[N+]([O-])c1ccc2oc([S@](=O)[C@H]3CCNC3)nc2c1. The molecule has 3 rings (SSSR count). The Bertz CT molecular complexity index is 669. The van der Waals surface area contributed by atoms with E-state index in [1.54, 1.807) is 0 Å². The van der Waals surface area contributed by atoms with E-state index < -0.39 is 15.7 Å². The van der Waals surface area contributed by atoms with E-state index in [0.717, 1.165) is 13.0 Å². The second-order valence-corrected chi connectivity index (χ2v) is 5.91. The summed E-state index contributed by atoms with van der Waals surface area (Å²) in [5, 5.41) is 13.9. The van der Waals surface area contributed by atoms with Crippen molar-refractivity contribution < 1.29 is 13.5 Å². The number of halogens is 1. The molecule has 1 fully saturated rings. The Morgan fingerprint density at radius 3 is 2.95 bits per heavy atom. The van der Waals surface area contributed by atoms with Crippen molar-refractivity contribution in [3.8, 4) is 0 Å². The molecule has 1 saturated heterocycles. The fraction of sp³-hybridized carbons (Fsp3) is 0.364. The summed E-state index contributed by atoms with van der Waals surface area (Å²) >= 11 is 0. The third kappa shape index (κ3) is 2.67. The van der Waals surface area contributed by atoms with E-state index in [4.69, 9.17) is 4.42 Å². The number of fused-ring (bicyclic) bond motifs is 1. The molecule has 2 atom stereocenters. The van der Waals surface area contributed by atoms with Crippen LogP contribution in [0.3, 0.4) is 0 Å². The molecule has 1 aliphatic rings. The highest BCUT2D eigenvalue weighted by atomic mass is 35.5. The third-order valence-corrected chi connectivity index (χ3v) is 4.58. The summed E-state index contributed by atoms with van der Waals surface area (Å²) in [5.41, 5.74) is 0.726. The summed E-state index contributed by atoms with van der Waals surface area (Å²) in [5.74, 6) is 0. The van der Waals surface area contributed by atoms with Crippen molar-refractivity contribution >= 4 is 40.0 Å². The summed E-state index contributed by atoms with van der Waals surface area (Å²) in [4.78, 5) is 14.3. The number of rotatable bonds is 3. The molecule has 0 amide bonds. The molecule has 108 valence electrons. The fourth-order valence-corrected chi connectivity index (χ4v) is 3.29. The van der Waals surface area contributed by atoms with Crippen LogP contribution >= 0.6 is 12.4 Å². The van der Waals surface area contributed by atoms with Crippen molar-refractivity contribution in [1.82, 2.24) is 10.3 Å². The lowest BCUT2D eigenvalue weighted by Gasteiger charge is -2.02. The van der Waals surface area contributed by atoms with Gasteiger partial charge in [0.05, 0.1) is 10.2 Å². The average Bonchev–Trinajstić information content (AvgIpc) is 3.06. The van der Waals surface area contributed by atoms with Crippen LogP contribution in [0.4, 0.5) is 5.69 Å². The van der Waals surface area contributed by atoms with Gasteiger partial charge in [0.25, 0.3) is 10.9 Å². The number of nitrogens with one attached hydrogen (secondary N) is 1. The van der Waals surface area contributed by atoms with Crippen LogP contribution in [0.25, 0.3) is 11.1 Å². The normalized spacial score (nSPS) is 19.7. The van der Waals surface area contributed by atoms with Gasteiger partial charge in [-0.15, -0.1) is 12.4 Å². The number of nitrogens with zero attached hydrogens (tertiary/aromatic N) is 2. The zero-order valence-electron chi connectivity index (χ0n) is 10.3. The molecule has 0 spiro atoms. The lowest BCUT2D eigenvalue weighted by atomic mass is 10.3. The molecule has 7 nitrogen and oxygen atoms in total. The van der Waals surface area contributed by atoms with Crippen molar-refractivity contribution in [3.63, 3.8) is 0 Å². The van der Waals surface area contributed by atoms with Crippen LogP contribution < -0.4 is 5.32 Å². The van der Waals surface area contributed by atoms with E-state index in [0.29, 0.717) is 17.6 Å². The van der Waals surface area contributed by atoms with Gasteiger partial charge in [0, 0.05) is 18.7 Å². The van der Waals surface area contributed by atoms with E-state index >= 15 is 0 Å². The average molecular weight is 318 g/mol. The molecule has 2 heterocycles. The molecule has 0 unspecified atom stereocenters. The highest BCUT2D eigenvalue weighted by Crippen LogP contribution is 2.24. The van der Waals surface area contributed by atoms with E-state index in [1.165, 1.54) is 18.2 Å². The zero-order valence-corrected chi connectivity index (χ0v) is 11.9. The van der Waals surface area contributed by atoms with Gasteiger partial charge in [-0.1, -0.05) is 0 Å². The molecule has 1 aliphatic heterocycles. The first-order valence-corrected chi connectivity index (χ1v) is 7.03. The first-order valence-electron chi connectivity index (χ1n) is 5.81. The molecule has 20 heavy (non-hydrogen) atoms. The van der Waals surface area contributed by atoms with Gasteiger partial charge in [-0.3, -0.25) is 10.1 Å². The van der Waals surface area contributed by atoms with Gasteiger partial charge < -0.3 is 9.73 Å². The Kier molecular flexibility index (Phi) is 4.36. The Morgan fingerprint density at radius 1 is 1.50 bits per heavy atom. The summed E-state index contributed by atoms with van der Waals surface area (Å²) in [6.07, 6.45) is 0.811. The van der Waals surface area contributed by atoms with Crippen molar-refractivity contribution in [1.29, 1.82) is 0 Å². The van der Waals surface area contributed by atoms with Gasteiger partial charge in [-0.05, 0) is 19.0 Å². The number of nitro benzene ring substituents is 1. The second kappa shape index (κ2) is 5.86. The molecule has 1 N–H and O–H groups in total. The maximum absolute atomic E-state index is 12.2. The van der Waals surface area contributed by atoms with E-state index in [-0.39, 0.29) is 28.6 Å². The Balaban J connectivity index is 0.00000147. The molecule has 2 aromatic rings. The number of oxazole rings is 1. The summed E-state index contributed by atoms with van der Waals surface area (Å²) < 4.78 is 17.6. The summed E-state index contributed by atoms with van der Waals surface area (Å²) in [6.45, 7) is 1.51. The first kappa shape index (κ1) is 14.9. The number of non-ortho nitro benzene ring substituents is 1. The monoisotopic (exact) mass is 317 g/mol. The van der Waals surface area contributed by atoms with Gasteiger partial charge in [0.2, 0.25) is 0 Å². The van der Waals surface area contributed by atoms with Crippen LogP contribution in [-0.2, 0) is 10.8 Å². The van der Waals surface area contributed by atoms with Gasteiger partial charge >= 0.3 is 0 Å². The Morgan fingerprint density at radius 2 is 2.30 bits per heavy atom. The number of benzene rings is 1. The van der Waals surface area contributed by atoms with Crippen molar-refractivity contribution in [2.24, 2.45) is 0 Å². The molecular formula is C11H12ClN3O4S. The maximum atomic E-state index is 12.2. The second-order valence-electron chi connectivity index (χ2n) is 4.30. The molecule has 1 aromatic carbocycles. The van der Waals surface area contributed by atoms with E-state index in [2.05, 4.69) is 10.3 Å². The van der Waals surface area contributed by atoms with Crippen LogP contribution in [0.5, 0.6) is 0 Å². The minimum atomic E-state index is -1.32. The Hall–Kier alpha value is -1.51. The Labute approximate surface area is 122 Å². The van der Waals surface area contributed by atoms with Gasteiger partial charge in [-0.25, -0.2) is 9.19 Å². The van der Waals surface area contributed by atoms with Crippen LogP contribution in [0.1, 0.15) is 6.42 Å². The van der Waals surface area contributed by atoms with Gasteiger partial charge in [-0.2, -0.15) is 0 Å². The minimum Gasteiger partial charge on any atom is -0.430 e. The standard InChI is InChI=1S/C11H11N3O4S.ClH/c15-14(16)7-1-2-10-9(5-7)13-11(18-10)19(17)8-3-4-12-6-8;/h1-2,5,8,12H,3-4,6H2;1H/t8-,19+;/m0./s1. The highest BCUT2D eigenvalue weighted by molar-refractivity contribution is 7.85. The van der Waals surface area contributed by atoms with Gasteiger partial charge in [0.1, 0.15) is 16.3 Å². The first-order chi connectivity index (χ1) is 9.15. The zero-order chi connectivity index (χ0) is 13.4. The van der Waals surface area contributed by atoms with Crippen molar-refractivity contribution in [3.05, 3.63) is 28.3 Å². The van der Waals surface area contributed by atoms with Crippen molar-refractivity contribution in [2.75, 3.05) is 13.1 Å². The van der Waals surface area contributed by atoms with Crippen LogP contribution in [-0.4, -0.2) is 32.5 Å². The lowest BCUT2D eigenvalue weighted by molar-refractivity contribution is -0.384. The van der Waals surface area contributed by atoms with Crippen LogP contribution in [0.15, 0.2) is 27.8 Å². The quantitative estimate of drug-likeness (QED) is 0.682. The molecule has 0 radical (unpaired) electrons. The van der Waals surface area contributed by atoms with Gasteiger partial charge in [0.15, 0.2) is 5.58 Å². The topological polar surface area (TPSA) is 98.3 Å².